The number of aryl methyl sites for hydroxylation is 1. The van der Waals surface area contributed by atoms with E-state index in [0.29, 0.717) is 11.4 Å². The van der Waals surface area contributed by atoms with Gasteiger partial charge >= 0.3 is 0 Å². The fraction of sp³-hybridized carbons (Fsp3) is 0.0909. The van der Waals surface area contributed by atoms with Crippen molar-refractivity contribution in [2.24, 2.45) is 7.05 Å². The molecule has 18 heavy (non-hydrogen) atoms. The molecule has 1 N–H and O–H groups in total. The fourth-order valence-corrected chi connectivity index (χ4v) is 2.54. The summed E-state index contributed by atoms with van der Waals surface area (Å²) in [4.78, 5) is 0.0442. The Morgan fingerprint density at radius 1 is 1.39 bits per heavy atom. The van der Waals surface area contributed by atoms with Gasteiger partial charge in [-0.2, -0.15) is 10.4 Å². The lowest BCUT2D eigenvalue weighted by Gasteiger charge is -2.07. The minimum absolute atomic E-state index is 0.0442. The summed E-state index contributed by atoms with van der Waals surface area (Å²) in [7, 11) is -2.07. The minimum Gasteiger partial charge on any atom is -0.264 e. The SMILES string of the molecule is Cn1nccc1NS(=O)(=O)c1cccc(C#N)c1. The summed E-state index contributed by atoms with van der Waals surface area (Å²) in [5.41, 5.74) is 0.294. The van der Waals surface area contributed by atoms with Crippen molar-refractivity contribution in [1.29, 1.82) is 5.26 Å². The maximum atomic E-state index is 12.1. The number of rotatable bonds is 3. The fourth-order valence-electron chi connectivity index (χ4n) is 1.40. The summed E-state index contributed by atoms with van der Waals surface area (Å²) in [6, 6.07) is 9.26. The predicted molar refractivity (Wildman–Crippen MR) is 65.2 cm³/mol. The van der Waals surface area contributed by atoms with Crippen LogP contribution in [0.25, 0.3) is 0 Å². The molecule has 1 aromatic heterocycles. The molecular formula is C11H10N4O2S. The van der Waals surface area contributed by atoms with Crippen molar-refractivity contribution in [2.75, 3.05) is 4.72 Å². The van der Waals surface area contributed by atoms with Crippen molar-refractivity contribution in [2.45, 2.75) is 4.90 Å². The third-order valence-electron chi connectivity index (χ3n) is 2.33. The molecule has 0 fully saturated rings. The molecule has 0 aliphatic rings. The van der Waals surface area contributed by atoms with Crippen LogP contribution in [0.1, 0.15) is 5.56 Å². The van der Waals surface area contributed by atoms with Crippen LogP contribution in [0, 0.1) is 11.3 Å². The summed E-state index contributed by atoms with van der Waals surface area (Å²) in [6.07, 6.45) is 1.49. The average molecular weight is 262 g/mol. The number of aromatic nitrogens is 2. The Morgan fingerprint density at radius 2 is 2.17 bits per heavy atom. The largest absolute Gasteiger partial charge is 0.264 e. The number of sulfonamides is 1. The molecule has 0 spiro atoms. The molecule has 7 heteroatoms. The highest BCUT2D eigenvalue weighted by Crippen LogP contribution is 2.15. The van der Waals surface area contributed by atoms with Crippen LogP contribution in [0.5, 0.6) is 0 Å². The molecular weight excluding hydrogens is 252 g/mol. The van der Waals surface area contributed by atoms with Crippen LogP contribution in [-0.2, 0) is 17.1 Å². The molecule has 0 saturated carbocycles. The van der Waals surface area contributed by atoms with Crippen LogP contribution in [0.3, 0.4) is 0 Å². The summed E-state index contributed by atoms with van der Waals surface area (Å²) in [5, 5.41) is 12.6. The van der Waals surface area contributed by atoms with Crippen LogP contribution in [-0.4, -0.2) is 18.2 Å². The van der Waals surface area contributed by atoms with E-state index in [9.17, 15) is 8.42 Å². The van der Waals surface area contributed by atoms with Gasteiger partial charge in [0.1, 0.15) is 5.82 Å². The van der Waals surface area contributed by atoms with Gasteiger partial charge in [0, 0.05) is 13.1 Å². The molecule has 92 valence electrons. The molecule has 0 atom stereocenters. The number of benzene rings is 1. The zero-order valence-corrected chi connectivity index (χ0v) is 10.3. The number of anilines is 1. The highest BCUT2D eigenvalue weighted by molar-refractivity contribution is 7.92. The molecule has 2 aromatic rings. The Kier molecular flexibility index (Phi) is 3.04. The molecule has 0 amide bonds. The average Bonchev–Trinajstić information content (AvgIpc) is 2.74. The molecule has 1 aromatic carbocycles. The maximum Gasteiger partial charge on any atom is 0.263 e. The smallest absolute Gasteiger partial charge is 0.263 e. The van der Waals surface area contributed by atoms with E-state index in [0.717, 1.165) is 0 Å². The number of hydrogen-bond acceptors (Lipinski definition) is 4. The Morgan fingerprint density at radius 3 is 2.78 bits per heavy atom. The molecule has 0 bridgehead atoms. The van der Waals surface area contributed by atoms with Gasteiger partial charge in [0.2, 0.25) is 0 Å². The first-order valence-electron chi connectivity index (χ1n) is 5.04. The topological polar surface area (TPSA) is 87.8 Å². The van der Waals surface area contributed by atoms with Crippen molar-refractivity contribution in [3.8, 4) is 6.07 Å². The number of hydrogen-bond donors (Lipinski definition) is 1. The highest BCUT2D eigenvalue weighted by atomic mass is 32.2. The highest BCUT2D eigenvalue weighted by Gasteiger charge is 2.16. The Hall–Kier alpha value is -2.33. The summed E-state index contributed by atoms with van der Waals surface area (Å²) in [6.45, 7) is 0. The van der Waals surface area contributed by atoms with E-state index in [-0.39, 0.29) is 4.90 Å². The van der Waals surface area contributed by atoms with Crippen LogP contribution < -0.4 is 4.72 Å². The van der Waals surface area contributed by atoms with E-state index in [2.05, 4.69) is 9.82 Å². The van der Waals surface area contributed by atoms with Crippen molar-refractivity contribution in [3.05, 3.63) is 42.1 Å². The van der Waals surface area contributed by atoms with E-state index < -0.39 is 10.0 Å². The van der Waals surface area contributed by atoms with Gasteiger partial charge in [-0.1, -0.05) is 6.07 Å². The van der Waals surface area contributed by atoms with Crippen LogP contribution in [0.4, 0.5) is 5.82 Å². The molecule has 6 nitrogen and oxygen atoms in total. The van der Waals surface area contributed by atoms with Crippen molar-refractivity contribution in [3.63, 3.8) is 0 Å². The van der Waals surface area contributed by atoms with Gasteiger partial charge in [-0.3, -0.25) is 9.40 Å². The normalized spacial score (nSPS) is 10.9. The first kappa shape index (κ1) is 12.1. The molecule has 1 heterocycles. The Bertz CT molecular complexity index is 713. The van der Waals surface area contributed by atoms with Gasteiger partial charge in [-0.15, -0.1) is 0 Å². The number of nitrogens with zero attached hydrogens (tertiary/aromatic N) is 3. The lowest BCUT2D eigenvalue weighted by Crippen LogP contribution is -2.15. The molecule has 0 aliphatic carbocycles. The van der Waals surface area contributed by atoms with E-state index >= 15 is 0 Å². The Balaban J connectivity index is 2.37. The van der Waals surface area contributed by atoms with Gasteiger partial charge in [-0.05, 0) is 18.2 Å². The van der Waals surface area contributed by atoms with Crippen LogP contribution >= 0.6 is 0 Å². The van der Waals surface area contributed by atoms with E-state index in [1.165, 1.54) is 29.1 Å². The third kappa shape index (κ3) is 2.33. The van der Waals surface area contributed by atoms with Crippen LogP contribution in [0.2, 0.25) is 0 Å². The molecule has 2 rings (SSSR count). The minimum atomic E-state index is -3.70. The van der Waals surface area contributed by atoms with E-state index in [1.54, 1.807) is 19.2 Å². The standard InChI is InChI=1S/C11H10N4O2S/c1-15-11(5-6-13-15)14-18(16,17)10-4-2-3-9(7-10)8-12/h2-7,14H,1H3. The van der Waals surface area contributed by atoms with Gasteiger partial charge < -0.3 is 0 Å². The van der Waals surface area contributed by atoms with Crippen LogP contribution in [0.15, 0.2) is 41.4 Å². The second-order valence-electron chi connectivity index (χ2n) is 3.59. The van der Waals surface area contributed by atoms with Gasteiger partial charge in [0.25, 0.3) is 10.0 Å². The lowest BCUT2D eigenvalue weighted by molar-refractivity contribution is 0.600. The zero-order chi connectivity index (χ0) is 13.2. The van der Waals surface area contributed by atoms with E-state index in [4.69, 9.17) is 5.26 Å². The first-order valence-corrected chi connectivity index (χ1v) is 6.52. The van der Waals surface area contributed by atoms with Gasteiger partial charge in [0.05, 0.1) is 22.7 Å². The van der Waals surface area contributed by atoms with E-state index in [1.807, 2.05) is 6.07 Å². The molecule has 0 unspecified atom stereocenters. The molecule has 0 radical (unpaired) electrons. The summed E-state index contributed by atoms with van der Waals surface area (Å²) in [5.74, 6) is 0.359. The second-order valence-corrected chi connectivity index (χ2v) is 5.27. The predicted octanol–water partition coefficient (Wildman–Crippen LogP) is 1.09. The molecule has 0 saturated heterocycles. The van der Waals surface area contributed by atoms with Crippen molar-refractivity contribution < 1.29 is 8.42 Å². The Labute approximate surface area is 105 Å². The number of nitriles is 1. The summed E-state index contributed by atoms with van der Waals surface area (Å²) < 4.78 is 27.9. The summed E-state index contributed by atoms with van der Waals surface area (Å²) >= 11 is 0. The van der Waals surface area contributed by atoms with Crippen molar-refractivity contribution >= 4 is 15.8 Å². The quantitative estimate of drug-likeness (QED) is 0.896. The second kappa shape index (κ2) is 4.50. The number of nitrogens with one attached hydrogen (secondary N) is 1. The lowest BCUT2D eigenvalue weighted by atomic mass is 10.2. The zero-order valence-electron chi connectivity index (χ0n) is 9.53. The maximum absolute atomic E-state index is 12.1. The monoisotopic (exact) mass is 262 g/mol. The molecule has 0 aliphatic heterocycles. The van der Waals surface area contributed by atoms with Gasteiger partial charge in [-0.25, -0.2) is 8.42 Å². The van der Waals surface area contributed by atoms with Gasteiger partial charge in [0.15, 0.2) is 0 Å². The first-order chi connectivity index (χ1) is 8.53. The third-order valence-corrected chi connectivity index (χ3v) is 3.69. The van der Waals surface area contributed by atoms with Crippen molar-refractivity contribution in [1.82, 2.24) is 9.78 Å².